The predicted octanol–water partition coefficient (Wildman–Crippen LogP) is 2.80. The van der Waals surface area contributed by atoms with Crippen LogP contribution >= 0.6 is 0 Å². The molecule has 2 aliphatic rings. The molecule has 1 aromatic heterocycles. The Kier molecular flexibility index (Phi) is 5.16. The number of ether oxygens (including phenoxy) is 1. The minimum Gasteiger partial charge on any atom is -0.492 e. The quantitative estimate of drug-likeness (QED) is 0.900. The molecular formula is C21H25N3O2. The number of fused-ring (bicyclic) bond motifs is 1. The van der Waals surface area contributed by atoms with Crippen molar-refractivity contribution >= 4 is 5.91 Å². The van der Waals surface area contributed by atoms with Crippen LogP contribution in [0.5, 0.6) is 5.75 Å². The SMILES string of the molecule is O=C(NCC1CCCN1Cc1ccccc1)c1cc2c(cn1)OCCC2. The van der Waals surface area contributed by atoms with Crippen molar-refractivity contribution in [2.45, 2.75) is 38.3 Å². The standard InChI is InChI=1S/C21H25N3O2/c25-21(19-12-17-8-5-11-26-20(17)14-22-19)23-13-18-9-4-10-24(18)15-16-6-2-1-3-7-16/h1-3,6-7,12,14,18H,4-5,8-11,13,15H2,(H,23,25). The van der Waals surface area contributed by atoms with Gasteiger partial charge in [-0.1, -0.05) is 30.3 Å². The molecule has 1 N–H and O–H groups in total. The number of hydrogen-bond donors (Lipinski definition) is 1. The first-order valence-electron chi connectivity index (χ1n) is 9.47. The second-order valence-electron chi connectivity index (χ2n) is 7.09. The molecule has 0 aliphatic carbocycles. The van der Waals surface area contributed by atoms with Crippen LogP contribution in [-0.2, 0) is 13.0 Å². The van der Waals surface area contributed by atoms with E-state index >= 15 is 0 Å². The summed E-state index contributed by atoms with van der Waals surface area (Å²) in [6, 6.07) is 12.8. The number of likely N-dealkylation sites (tertiary alicyclic amines) is 1. The van der Waals surface area contributed by atoms with Crippen molar-refractivity contribution in [1.82, 2.24) is 15.2 Å². The average Bonchev–Trinajstić information content (AvgIpc) is 3.13. The Hall–Kier alpha value is -2.40. The van der Waals surface area contributed by atoms with Crippen molar-refractivity contribution < 1.29 is 9.53 Å². The monoisotopic (exact) mass is 351 g/mol. The highest BCUT2D eigenvalue weighted by Gasteiger charge is 2.25. The molecule has 1 atom stereocenters. The van der Waals surface area contributed by atoms with Gasteiger partial charge in [-0.3, -0.25) is 9.69 Å². The maximum atomic E-state index is 12.5. The Morgan fingerprint density at radius 3 is 3.04 bits per heavy atom. The van der Waals surface area contributed by atoms with E-state index in [1.54, 1.807) is 6.20 Å². The summed E-state index contributed by atoms with van der Waals surface area (Å²) in [4.78, 5) is 19.3. The van der Waals surface area contributed by atoms with Crippen molar-refractivity contribution in [2.24, 2.45) is 0 Å². The molecule has 1 aromatic carbocycles. The first kappa shape index (κ1) is 17.0. The predicted molar refractivity (Wildman–Crippen MR) is 100 cm³/mol. The molecule has 3 heterocycles. The number of pyridine rings is 1. The zero-order valence-corrected chi connectivity index (χ0v) is 15.0. The smallest absolute Gasteiger partial charge is 0.269 e. The lowest BCUT2D eigenvalue weighted by molar-refractivity contribution is 0.0934. The van der Waals surface area contributed by atoms with Gasteiger partial charge in [-0.25, -0.2) is 4.98 Å². The maximum Gasteiger partial charge on any atom is 0.269 e. The average molecular weight is 351 g/mol. The number of rotatable bonds is 5. The Labute approximate surface area is 154 Å². The van der Waals surface area contributed by atoms with E-state index in [4.69, 9.17) is 4.74 Å². The fraction of sp³-hybridized carbons (Fsp3) is 0.429. The van der Waals surface area contributed by atoms with E-state index in [2.05, 4.69) is 39.5 Å². The number of aryl methyl sites for hydroxylation is 1. The van der Waals surface area contributed by atoms with Gasteiger partial charge in [-0.2, -0.15) is 0 Å². The molecular weight excluding hydrogens is 326 g/mol. The minimum atomic E-state index is -0.0927. The first-order chi connectivity index (χ1) is 12.8. The third-order valence-electron chi connectivity index (χ3n) is 5.25. The number of nitrogens with zero attached hydrogens (tertiary/aromatic N) is 2. The topological polar surface area (TPSA) is 54.5 Å². The number of amides is 1. The summed E-state index contributed by atoms with van der Waals surface area (Å²) in [6.07, 6.45) is 5.93. The molecule has 5 heteroatoms. The lowest BCUT2D eigenvalue weighted by atomic mass is 10.1. The molecule has 2 aliphatic heterocycles. The number of aromatic nitrogens is 1. The van der Waals surface area contributed by atoms with Crippen LogP contribution < -0.4 is 10.1 Å². The highest BCUT2D eigenvalue weighted by molar-refractivity contribution is 5.92. The number of benzene rings is 1. The molecule has 5 nitrogen and oxygen atoms in total. The van der Waals surface area contributed by atoms with Crippen molar-refractivity contribution in [2.75, 3.05) is 19.7 Å². The van der Waals surface area contributed by atoms with E-state index in [0.717, 1.165) is 50.3 Å². The molecule has 2 aromatic rings. The van der Waals surface area contributed by atoms with Crippen LogP contribution in [-0.4, -0.2) is 41.5 Å². The van der Waals surface area contributed by atoms with Gasteiger partial charge in [0, 0.05) is 19.1 Å². The van der Waals surface area contributed by atoms with Gasteiger partial charge in [0.1, 0.15) is 11.4 Å². The van der Waals surface area contributed by atoms with Crippen molar-refractivity contribution in [3.63, 3.8) is 0 Å². The van der Waals surface area contributed by atoms with E-state index in [1.165, 1.54) is 12.0 Å². The van der Waals surface area contributed by atoms with Gasteiger partial charge in [-0.15, -0.1) is 0 Å². The van der Waals surface area contributed by atoms with Crippen molar-refractivity contribution in [3.8, 4) is 5.75 Å². The largest absolute Gasteiger partial charge is 0.492 e. The van der Waals surface area contributed by atoms with Gasteiger partial charge >= 0.3 is 0 Å². The lowest BCUT2D eigenvalue weighted by Crippen LogP contribution is -2.40. The van der Waals surface area contributed by atoms with Crippen LogP contribution in [0, 0.1) is 0 Å². The van der Waals surface area contributed by atoms with E-state index in [0.29, 0.717) is 18.3 Å². The summed E-state index contributed by atoms with van der Waals surface area (Å²) >= 11 is 0. The molecule has 1 saturated heterocycles. The van der Waals surface area contributed by atoms with E-state index in [9.17, 15) is 4.79 Å². The van der Waals surface area contributed by atoms with E-state index < -0.39 is 0 Å². The third kappa shape index (κ3) is 3.88. The minimum absolute atomic E-state index is 0.0927. The summed E-state index contributed by atoms with van der Waals surface area (Å²) in [7, 11) is 0. The van der Waals surface area contributed by atoms with Gasteiger partial charge in [-0.05, 0) is 49.4 Å². The van der Waals surface area contributed by atoms with Crippen LogP contribution in [0.3, 0.4) is 0 Å². The lowest BCUT2D eigenvalue weighted by Gasteiger charge is -2.25. The van der Waals surface area contributed by atoms with Gasteiger partial charge < -0.3 is 10.1 Å². The van der Waals surface area contributed by atoms with E-state index in [1.807, 2.05) is 12.1 Å². The highest BCUT2D eigenvalue weighted by Crippen LogP contribution is 2.24. The van der Waals surface area contributed by atoms with E-state index in [-0.39, 0.29) is 5.91 Å². The highest BCUT2D eigenvalue weighted by atomic mass is 16.5. The fourth-order valence-electron chi connectivity index (χ4n) is 3.83. The third-order valence-corrected chi connectivity index (χ3v) is 5.25. The first-order valence-corrected chi connectivity index (χ1v) is 9.47. The van der Waals surface area contributed by atoms with Gasteiger partial charge in [0.2, 0.25) is 0 Å². The normalized spacial score (nSPS) is 19.6. The van der Waals surface area contributed by atoms with Crippen LogP contribution in [0.1, 0.15) is 40.9 Å². The second-order valence-corrected chi connectivity index (χ2v) is 7.09. The van der Waals surface area contributed by atoms with Crippen molar-refractivity contribution in [1.29, 1.82) is 0 Å². The number of carbonyl (C=O) groups excluding carboxylic acids is 1. The van der Waals surface area contributed by atoms with Crippen LogP contribution in [0.4, 0.5) is 0 Å². The summed E-state index contributed by atoms with van der Waals surface area (Å²) in [5.74, 6) is 0.725. The number of carbonyl (C=O) groups is 1. The summed E-state index contributed by atoms with van der Waals surface area (Å²) in [5.41, 5.74) is 2.90. The Morgan fingerprint density at radius 2 is 2.15 bits per heavy atom. The van der Waals surface area contributed by atoms with Gasteiger partial charge in [0.15, 0.2) is 0 Å². The van der Waals surface area contributed by atoms with Gasteiger partial charge in [0.25, 0.3) is 5.91 Å². The molecule has 0 radical (unpaired) electrons. The number of nitrogens with one attached hydrogen (secondary N) is 1. The van der Waals surface area contributed by atoms with Crippen LogP contribution in [0.15, 0.2) is 42.6 Å². The number of hydrogen-bond acceptors (Lipinski definition) is 4. The zero-order chi connectivity index (χ0) is 17.8. The Balaban J connectivity index is 1.35. The molecule has 1 fully saturated rings. The molecule has 0 bridgehead atoms. The summed E-state index contributed by atoms with van der Waals surface area (Å²) < 4.78 is 5.57. The molecule has 0 saturated carbocycles. The molecule has 1 unspecified atom stereocenters. The van der Waals surface area contributed by atoms with Crippen LogP contribution in [0.2, 0.25) is 0 Å². The van der Waals surface area contributed by atoms with Crippen molar-refractivity contribution in [3.05, 3.63) is 59.4 Å². The summed E-state index contributed by atoms with van der Waals surface area (Å²) in [5, 5.41) is 3.08. The molecule has 1 amide bonds. The molecule has 4 rings (SSSR count). The molecule has 136 valence electrons. The van der Waals surface area contributed by atoms with Crippen LogP contribution in [0.25, 0.3) is 0 Å². The summed E-state index contributed by atoms with van der Waals surface area (Å²) in [6.45, 7) is 3.43. The second kappa shape index (κ2) is 7.87. The Morgan fingerprint density at radius 1 is 1.27 bits per heavy atom. The molecule has 0 spiro atoms. The maximum absolute atomic E-state index is 12.5. The fourth-order valence-corrected chi connectivity index (χ4v) is 3.83. The molecule has 26 heavy (non-hydrogen) atoms. The van der Waals surface area contributed by atoms with Gasteiger partial charge in [0.05, 0.1) is 12.8 Å². The Bertz CT molecular complexity index is 763. The zero-order valence-electron chi connectivity index (χ0n) is 15.0.